The Bertz CT molecular complexity index is 568. The van der Waals surface area contributed by atoms with Gasteiger partial charge in [-0.25, -0.2) is 0 Å². The van der Waals surface area contributed by atoms with Gasteiger partial charge < -0.3 is 14.2 Å². The maximum absolute atomic E-state index is 10.9. The van der Waals surface area contributed by atoms with Gasteiger partial charge in [-0.15, -0.1) is 0 Å². The van der Waals surface area contributed by atoms with Gasteiger partial charge in [0.25, 0.3) is 6.54 Å². The fourth-order valence-electron chi connectivity index (χ4n) is 2.83. The molecule has 1 aromatic heterocycles. The predicted octanol–water partition coefficient (Wildman–Crippen LogP) is 2.74. The van der Waals surface area contributed by atoms with Crippen molar-refractivity contribution in [1.82, 2.24) is 9.80 Å². The molecular formula is C17H28N4O3S. The molecule has 0 unspecified atom stereocenters. The van der Waals surface area contributed by atoms with E-state index in [1.807, 2.05) is 26.2 Å². The lowest BCUT2D eigenvalue weighted by molar-refractivity contribution is -0.464. The summed E-state index contributed by atoms with van der Waals surface area (Å²) in [6, 6.07) is 4.03. The first-order chi connectivity index (χ1) is 12.0. The molecule has 1 aliphatic heterocycles. The largest absolute Gasteiger partial charge is 0.464 e. The van der Waals surface area contributed by atoms with Crippen molar-refractivity contribution in [2.75, 3.05) is 46.0 Å². The van der Waals surface area contributed by atoms with Crippen molar-refractivity contribution in [3.63, 3.8) is 0 Å². The van der Waals surface area contributed by atoms with E-state index in [-0.39, 0.29) is 11.5 Å². The highest BCUT2D eigenvalue weighted by Gasteiger charge is 2.18. The summed E-state index contributed by atoms with van der Waals surface area (Å²) in [5.41, 5.74) is 0. The van der Waals surface area contributed by atoms with Crippen LogP contribution in [-0.4, -0.2) is 66.6 Å². The Balaban J connectivity index is 1.75. The van der Waals surface area contributed by atoms with Gasteiger partial charge in [0.1, 0.15) is 11.5 Å². The Morgan fingerprint density at radius 1 is 1.32 bits per heavy atom. The molecule has 0 radical (unpaired) electrons. The number of nitro groups is 1. The molecule has 140 valence electrons. The van der Waals surface area contributed by atoms with Crippen LogP contribution in [0.2, 0.25) is 0 Å². The fourth-order valence-corrected chi connectivity index (χ4v) is 3.55. The Morgan fingerprint density at radius 2 is 2.04 bits per heavy atom. The standard InChI is InChI=1S/C17H28N4O3S/c1-19(2)12-15-6-7-16(24-15)14-25-11-8-18-17(13-21(22)23)20-9-4-3-5-10-20/h6-7H,3-5,8-14H2,1-2H3. The molecule has 0 bridgehead atoms. The second-order valence-corrected chi connectivity index (χ2v) is 7.60. The van der Waals surface area contributed by atoms with Crippen LogP contribution in [0.4, 0.5) is 0 Å². The van der Waals surface area contributed by atoms with E-state index in [1.165, 1.54) is 6.42 Å². The maximum atomic E-state index is 10.9. The monoisotopic (exact) mass is 368 g/mol. The molecule has 1 saturated heterocycles. The van der Waals surface area contributed by atoms with Gasteiger partial charge in [0.05, 0.1) is 18.8 Å². The van der Waals surface area contributed by atoms with Crippen LogP contribution < -0.4 is 0 Å². The topological polar surface area (TPSA) is 75.1 Å². The highest BCUT2D eigenvalue weighted by molar-refractivity contribution is 7.98. The lowest BCUT2D eigenvalue weighted by Gasteiger charge is -2.28. The van der Waals surface area contributed by atoms with E-state index in [0.29, 0.717) is 12.4 Å². The summed E-state index contributed by atoms with van der Waals surface area (Å²) < 4.78 is 5.77. The number of rotatable bonds is 9. The van der Waals surface area contributed by atoms with Crippen LogP contribution in [0.25, 0.3) is 0 Å². The Hall–Kier alpha value is -1.54. The van der Waals surface area contributed by atoms with Crippen LogP contribution in [0.5, 0.6) is 0 Å². The molecule has 0 amide bonds. The van der Waals surface area contributed by atoms with Crippen LogP contribution in [0, 0.1) is 10.1 Å². The quantitative estimate of drug-likeness (QED) is 0.219. The Labute approximate surface area is 153 Å². The van der Waals surface area contributed by atoms with E-state index in [9.17, 15) is 10.1 Å². The summed E-state index contributed by atoms with van der Waals surface area (Å²) in [6.45, 7) is 3.02. The van der Waals surface area contributed by atoms with Gasteiger partial charge in [-0.05, 0) is 45.5 Å². The predicted molar refractivity (Wildman–Crippen MR) is 102 cm³/mol. The average molecular weight is 369 g/mol. The van der Waals surface area contributed by atoms with E-state index >= 15 is 0 Å². The summed E-state index contributed by atoms with van der Waals surface area (Å²) in [7, 11) is 4.03. The molecule has 25 heavy (non-hydrogen) atoms. The maximum Gasteiger partial charge on any atom is 0.260 e. The van der Waals surface area contributed by atoms with Crippen LogP contribution >= 0.6 is 11.8 Å². The van der Waals surface area contributed by atoms with Gasteiger partial charge in [-0.2, -0.15) is 11.8 Å². The van der Waals surface area contributed by atoms with Crippen molar-refractivity contribution in [1.29, 1.82) is 0 Å². The number of furan rings is 1. The first-order valence-corrected chi connectivity index (χ1v) is 9.90. The SMILES string of the molecule is CN(C)Cc1ccc(CSCCN=C(C[N+](=O)[O-])N2CCCCC2)o1. The third-order valence-corrected chi connectivity index (χ3v) is 4.92. The number of hydrogen-bond donors (Lipinski definition) is 0. The summed E-state index contributed by atoms with van der Waals surface area (Å²) in [5.74, 6) is 4.21. The number of hydrogen-bond acceptors (Lipinski definition) is 6. The number of amidine groups is 1. The van der Waals surface area contributed by atoms with Crippen molar-refractivity contribution in [3.05, 3.63) is 33.8 Å². The molecule has 0 saturated carbocycles. The minimum Gasteiger partial charge on any atom is -0.464 e. The van der Waals surface area contributed by atoms with Gasteiger partial charge in [-0.3, -0.25) is 15.1 Å². The highest BCUT2D eigenvalue weighted by atomic mass is 32.2. The van der Waals surface area contributed by atoms with Gasteiger partial charge in [0.2, 0.25) is 0 Å². The molecular weight excluding hydrogens is 340 g/mol. The Morgan fingerprint density at radius 3 is 2.72 bits per heavy atom. The smallest absolute Gasteiger partial charge is 0.260 e. The first-order valence-electron chi connectivity index (χ1n) is 8.74. The second kappa shape index (κ2) is 10.5. The van der Waals surface area contributed by atoms with Crippen molar-refractivity contribution in [2.45, 2.75) is 31.6 Å². The lowest BCUT2D eigenvalue weighted by Crippen LogP contribution is -2.39. The lowest BCUT2D eigenvalue weighted by atomic mass is 10.1. The van der Waals surface area contributed by atoms with E-state index in [0.717, 1.165) is 55.5 Å². The van der Waals surface area contributed by atoms with Crippen LogP contribution in [0.1, 0.15) is 30.8 Å². The van der Waals surface area contributed by atoms with Crippen LogP contribution in [0.15, 0.2) is 21.5 Å². The zero-order valence-electron chi connectivity index (χ0n) is 15.1. The van der Waals surface area contributed by atoms with Gasteiger partial charge in [0, 0.05) is 23.8 Å². The zero-order chi connectivity index (χ0) is 18.1. The van der Waals surface area contributed by atoms with E-state index in [4.69, 9.17) is 4.42 Å². The number of likely N-dealkylation sites (tertiary alicyclic amines) is 1. The molecule has 1 aromatic rings. The zero-order valence-corrected chi connectivity index (χ0v) is 16.0. The molecule has 0 aliphatic carbocycles. The van der Waals surface area contributed by atoms with E-state index in [2.05, 4.69) is 14.8 Å². The molecule has 0 spiro atoms. The normalized spacial score (nSPS) is 15.8. The van der Waals surface area contributed by atoms with E-state index in [1.54, 1.807) is 11.8 Å². The molecule has 8 heteroatoms. The van der Waals surface area contributed by atoms with Crippen LogP contribution in [-0.2, 0) is 12.3 Å². The molecule has 7 nitrogen and oxygen atoms in total. The molecule has 0 aromatic carbocycles. The number of aliphatic imine (C=N–C) groups is 1. The molecule has 1 fully saturated rings. The van der Waals surface area contributed by atoms with Crippen molar-refractivity contribution in [2.24, 2.45) is 4.99 Å². The van der Waals surface area contributed by atoms with E-state index < -0.39 is 0 Å². The minimum absolute atomic E-state index is 0.170. The summed E-state index contributed by atoms with van der Waals surface area (Å²) in [4.78, 5) is 19.3. The summed E-state index contributed by atoms with van der Waals surface area (Å²) in [5, 5.41) is 10.9. The fraction of sp³-hybridized carbons (Fsp3) is 0.706. The Kier molecular flexibility index (Phi) is 8.27. The van der Waals surface area contributed by atoms with Gasteiger partial charge >= 0.3 is 0 Å². The number of thioether (sulfide) groups is 1. The summed E-state index contributed by atoms with van der Waals surface area (Å²) in [6.07, 6.45) is 3.40. The molecule has 2 heterocycles. The van der Waals surface area contributed by atoms with Crippen molar-refractivity contribution in [3.8, 4) is 0 Å². The van der Waals surface area contributed by atoms with Crippen LogP contribution in [0.3, 0.4) is 0 Å². The van der Waals surface area contributed by atoms with Gasteiger partial charge in [-0.1, -0.05) is 0 Å². The summed E-state index contributed by atoms with van der Waals surface area (Å²) >= 11 is 1.74. The number of piperidine rings is 1. The molecule has 2 rings (SSSR count). The van der Waals surface area contributed by atoms with Crippen molar-refractivity contribution >= 4 is 17.6 Å². The average Bonchev–Trinajstić information content (AvgIpc) is 3.00. The van der Waals surface area contributed by atoms with Crippen molar-refractivity contribution < 1.29 is 9.34 Å². The number of nitrogens with zero attached hydrogens (tertiary/aromatic N) is 4. The molecule has 0 N–H and O–H groups in total. The second-order valence-electron chi connectivity index (χ2n) is 6.49. The first kappa shape index (κ1) is 19.8. The molecule has 1 aliphatic rings. The third-order valence-electron chi connectivity index (χ3n) is 3.96. The highest BCUT2D eigenvalue weighted by Crippen LogP contribution is 2.16. The third kappa shape index (κ3) is 7.48. The minimum atomic E-state index is -0.282. The van der Waals surface area contributed by atoms with Gasteiger partial charge in [0.15, 0.2) is 5.84 Å². The molecule has 0 atom stereocenters.